The second kappa shape index (κ2) is 5.58. The lowest BCUT2D eigenvalue weighted by molar-refractivity contribution is -0.131. The van der Waals surface area contributed by atoms with Gasteiger partial charge in [-0.3, -0.25) is 0 Å². The highest BCUT2D eigenvalue weighted by Crippen LogP contribution is 2.09. The van der Waals surface area contributed by atoms with Gasteiger partial charge in [-0.25, -0.2) is 4.79 Å². The third-order valence-electron chi connectivity index (χ3n) is 1.35. The molecule has 0 saturated heterocycles. The van der Waals surface area contributed by atoms with Crippen LogP contribution in [0.4, 0.5) is 0 Å². The molecule has 0 spiro atoms. The van der Waals surface area contributed by atoms with E-state index in [0.717, 1.165) is 12.5 Å². The molecule has 0 aliphatic heterocycles. The topological polar surface area (TPSA) is 37.3 Å². The molecule has 0 bridgehead atoms. The lowest BCUT2D eigenvalue weighted by Crippen LogP contribution is -1.88. The maximum Gasteiger partial charge on any atom is 0.328 e. The number of aliphatic carboxylic acids is 1. The van der Waals surface area contributed by atoms with Crippen LogP contribution in [-0.4, -0.2) is 11.1 Å². The second-order valence-corrected chi connectivity index (χ2v) is 3.31. The fraction of sp³-hybridized carbons (Fsp3) is 0.500. The first-order chi connectivity index (χ1) is 5.52. The average Bonchev–Trinajstić information content (AvgIpc) is 1.84. The highest BCUT2D eigenvalue weighted by atomic mass is 16.4. The Morgan fingerprint density at radius 2 is 2.08 bits per heavy atom. The van der Waals surface area contributed by atoms with Crippen LogP contribution in [0, 0.1) is 5.92 Å². The highest BCUT2D eigenvalue weighted by molar-refractivity contribution is 5.80. The fourth-order valence-electron chi connectivity index (χ4n) is 1.01. The minimum Gasteiger partial charge on any atom is -0.478 e. The van der Waals surface area contributed by atoms with Crippen molar-refractivity contribution in [3.8, 4) is 0 Å². The Bertz CT molecular complexity index is 200. The quantitative estimate of drug-likeness (QED) is 0.517. The first-order valence-electron chi connectivity index (χ1n) is 4.09. The molecule has 2 nitrogen and oxygen atoms in total. The monoisotopic (exact) mass is 168 g/mol. The van der Waals surface area contributed by atoms with Crippen LogP contribution in [0.2, 0.25) is 0 Å². The van der Waals surface area contributed by atoms with Gasteiger partial charge in [-0.2, -0.15) is 0 Å². The third kappa shape index (κ3) is 7.06. The Morgan fingerprint density at radius 1 is 1.50 bits per heavy atom. The number of hydrogen-bond acceptors (Lipinski definition) is 1. The van der Waals surface area contributed by atoms with Crippen molar-refractivity contribution in [1.82, 2.24) is 0 Å². The normalized spacial score (nSPS) is 12.8. The molecule has 1 N–H and O–H groups in total. The van der Waals surface area contributed by atoms with Crippen molar-refractivity contribution in [3.05, 3.63) is 23.8 Å². The van der Waals surface area contributed by atoms with Gasteiger partial charge >= 0.3 is 5.97 Å². The van der Waals surface area contributed by atoms with Gasteiger partial charge in [-0.15, -0.1) is 0 Å². The molecule has 0 fully saturated rings. The molecule has 0 aromatic carbocycles. The Morgan fingerprint density at radius 3 is 2.50 bits per heavy atom. The minimum absolute atomic E-state index is 0.625. The van der Waals surface area contributed by atoms with Crippen molar-refractivity contribution in [3.63, 3.8) is 0 Å². The van der Waals surface area contributed by atoms with E-state index in [1.807, 2.05) is 13.0 Å². The van der Waals surface area contributed by atoms with E-state index in [1.165, 1.54) is 5.57 Å². The summed E-state index contributed by atoms with van der Waals surface area (Å²) in [6, 6.07) is 0. The number of carbonyl (C=O) groups is 1. The molecule has 0 unspecified atom stereocenters. The van der Waals surface area contributed by atoms with E-state index in [9.17, 15) is 4.79 Å². The molecule has 12 heavy (non-hydrogen) atoms. The molecule has 0 radical (unpaired) electrons. The van der Waals surface area contributed by atoms with E-state index in [-0.39, 0.29) is 0 Å². The summed E-state index contributed by atoms with van der Waals surface area (Å²) >= 11 is 0. The highest BCUT2D eigenvalue weighted by Gasteiger charge is 1.93. The van der Waals surface area contributed by atoms with Crippen LogP contribution in [0.15, 0.2) is 23.8 Å². The molecule has 0 aromatic heterocycles. The first kappa shape index (κ1) is 11.0. The van der Waals surface area contributed by atoms with Crippen molar-refractivity contribution in [1.29, 1.82) is 0 Å². The number of rotatable bonds is 4. The minimum atomic E-state index is -0.899. The summed E-state index contributed by atoms with van der Waals surface area (Å²) in [6.07, 6.45) is 5.57. The summed E-state index contributed by atoms with van der Waals surface area (Å²) in [6.45, 7) is 6.28. The van der Waals surface area contributed by atoms with E-state index in [4.69, 9.17) is 5.11 Å². The van der Waals surface area contributed by atoms with Crippen LogP contribution in [0.5, 0.6) is 0 Å². The molecule has 0 aliphatic rings. The number of hydrogen-bond donors (Lipinski definition) is 1. The van der Waals surface area contributed by atoms with Crippen LogP contribution >= 0.6 is 0 Å². The van der Waals surface area contributed by atoms with Gasteiger partial charge in [0.2, 0.25) is 0 Å². The molecule has 0 amide bonds. The summed E-state index contributed by atoms with van der Waals surface area (Å²) in [7, 11) is 0. The number of carboxylic acids is 1. The van der Waals surface area contributed by atoms with Crippen molar-refractivity contribution >= 4 is 5.97 Å². The molecule has 0 aliphatic carbocycles. The van der Waals surface area contributed by atoms with Crippen LogP contribution in [0.3, 0.4) is 0 Å². The zero-order valence-corrected chi connectivity index (χ0v) is 7.87. The predicted molar refractivity (Wildman–Crippen MR) is 50.0 cm³/mol. The largest absolute Gasteiger partial charge is 0.478 e. The molecule has 0 heterocycles. The van der Waals surface area contributed by atoms with Gasteiger partial charge in [0.25, 0.3) is 0 Å². The van der Waals surface area contributed by atoms with Gasteiger partial charge in [-0.05, 0) is 19.3 Å². The van der Waals surface area contributed by atoms with Crippen molar-refractivity contribution < 1.29 is 9.90 Å². The van der Waals surface area contributed by atoms with Gasteiger partial charge in [0.05, 0.1) is 0 Å². The van der Waals surface area contributed by atoms with E-state index >= 15 is 0 Å². The lowest BCUT2D eigenvalue weighted by atomic mass is 10.0. The summed E-state index contributed by atoms with van der Waals surface area (Å²) in [5.41, 5.74) is 1.21. The summed E-state index contributed by atoms with van der Waals surface area (Å²) in [5.74, 6) is -0.275. The SMILES string of the molecule is C/C(=C\C=C\C(=O)O)CC(C)C. The van der Waals surface area contributed by atoms with Gasteiger partial charge in [0, 0.05) is 6.08 Å². The van der Waals surface area contributed by atoms with Crippen molar-refractivity contribution in [2.24, 2.45) is 5.92 Å². The standard InChI is InChI=1S/C10H16O2/c1-8(2)7-9(3)5-4-6-10(11)12/h4-6,8H,7H2,1-3H3,(H,11,12)/b6-4+,9-5+. The van der Waals surface area contributed by atoms with E-state index in [2.05, 4.69) is 13.8 Å². The fourth-order valence-corrected chi connectivity index (χ4v) is 1.01. The van der Waals surface area contributed by atoms with Crippen molar-refractivity contribution in [2.45, 2.75) is 27.2 Å². The Labute approximate surface area is 73.6 Å². The molecule has 0 aromatic rings. The lowest BCUT2D eigenvalue weighted by Gasteiger charge is -2.02. The molecule has 2 heteroatoms. The molecule has 68 valence electrons. The zero-order chi connectivity index (χ0) is 9.56. The summed E-state index contributed by atoms with van der Waals surface area (Å²) < 4.78 is 0. The van der Waals surface area contributed by atoms with E-state index < -0.39 is 5.97 Å². The van der Waals surface area contributed by atoms with Gasteiger partial charge in [-0.1, -0.05) is 31.6 Å². The molecule has 0 rings (SSSR count). The molecular weight excluding hydrogens is 152 g/mol. The van der Waals surface area contributed by atoms with Gasteiger partial charge in [0.15, 0.2) is 0 Å². The summed E-state index contributed by atoms with van der Waals surface area (Å²) in [5, 5.41) is 8.29. The Hall–Kier alpha value is -1.05. The molecular formula is C10H16O2. The van der Waals surface area contributed by atoms with E-state index in [1.54, 1.807) is 6.08 Å². The van der Waals surface area contributed by atoms with Crippen LogP contribution in [0.1, 0.15) is 27.2 Å². The van der Waals surface area contributed by atoms with E-state index in [0.29, 0.717) is 5.92 Å². The van der Waals surface area contributed by atoms with Crippen LogP contribution in [0.25, 0.3) is 0 Å². The predicted octanol–water partition coefficient (Wildman–Crippen LogP) is 2.62. The van der Waals surface area contributed by atoms with Crippen molar-refractivity contribution in [2.75, 3.05) is 0 Å². The average molecular weight is 168 g/mol. The smallest absolute Gasteiger partial charge is 0.328 e. The third-order valence-corrected chi connectivity index (χ3v) is 1.35. The second-order valence-electron chi connectivity index (χ2n) is 3.31. The Balaban J connectivity index is 3.92. The molecule has 0 saturated carbocycles. The summed E-state index contributed by atoms with van der Waals surface area (Å²) in [4.78, 5) is 10.1. The Kier molecular flexibility index (Phi) is 5.09. The molecule has 0 atom stereocenters. The number of allylic oxidation sites excluding steroid dienone is 3. The first-order valence-corrected chi connectivity index (χ1v) is 4.09. The number of carboxylic acid groups (broad SMARTS) is 1. The van der Waals surface area contributed by atoms with Crippen LogP contribution < -0.4 is 0 Å². The van der Waals surface area contributed by atoms with Crippen LogP contribution in [-0.2, 0) is 4.79 Å². The maximum atomic E-state index is 10.1. The van der Waals surface area contributed by atoms with Gasteiger partial charge < -0.3 is 5.11 Å². The van der Waals surface area contributed by atoms with Gasteiger partial charge in [0.1, 0.15) is 0 Å². The zero-order valence-electron chi connectivity index (χ0n) is 7.87. The maximum absolute atomic E-state index is 10.1.